The van der Waals surface area contributed by atoms with Crippen molar-refractivity contribution in [3.05, 3.63) is 35.4 Å². The molecule has 6 heteroatoms. The Bertz CT molecular complexity index is 563. The molecule has 0 spiro atoms. The van der Waals surface area contributed by atoms with Gasteiger partial charge in [-0.1, -0.05) is 19.4 Å². The second kappa shape index (κ2) is 5.77. The maximum atomic E-state index is 13.5. The highest BCUT2D eigenvalue weighted by Gasteiger charge is 2.42. The van der Waals surface area contributed by atoms with Crippen molar-refractivity contribution in [1.29, 1.82) is 0 Å². The fraction of sp³-hybridized carbons (Fsp3) is 0.571. The zero-order valence-electron chi connectivity index (χ0n) is 11.5. The van der Waals surface area contributed by atoms with Gasteiger partial charge in [-0.05, 0) is 36.8 Å². The Morgan fingerprint density at radius 2 is 1.85 bits per heavy atom. The fourth-order valence-electron chi connectivity index (χ4n) is 2.40. The minimum Gasteiger partial charge on any atom is -0.214 e. The zero-order valence-corrected chi connectivity index (χ0v) is 12.3. The van der Waals surface area contributed by atoms with E-state index >= 15 is 0 Å². The Morgan fingerprint density at radius 1 is 1.25 bits per heavy atom. The number of hydrogen-bond donors (Lipinski definition) is 1. The molecule has 0 aromatic heterocycles. The van der Waals surface area contributed by atoms with Gasteiger partial charge in [-0.2, -0.15) is 0 Å². The molecular weight excluding hydrogens is 284 g/mol. The van der Waals surface area contributed by atoms with Crippen LogP contribution in [-0.2, 0) is 15.8 Å². The number of hydrogen-bond acceptors (Lipinski definition) is 2. The van der Waals surface area contributed by atoms with E-state index in [1.54, 1.807) is 0 Å². The maximum Gasteiger partial charge on any atom is 0.216 e. The highest BCUT2D eigenvalue weighted by molar-refractivity contribution is 7.88. The van der Waals surface area contributed by atoms with Crippen LogP contribution in [0.3, 0.4) is 0 Å². The second-order valence-corrected chi connectivity index (χ2v) is 7.34. The van der Waals surface area contributed by atoms with E-state index in [2.05, 4.69) is 11.6 Å². The first-order valence-corrected chi connectivity index (χ1v) is 8.43. The van der Waals surface area contributed by atoms with Gasteiger partial charge in [0.05, 0.1) is 5.75 Å². The maximum absolute atomic E-state index is 13.5. The van der Waals surface area contributed by atoms with E-state index in [1.165, 1.54) is 6.07 Å². The van der Waals surface area contributed by atoms with E-state index < -0.39 is 33.0 Å². The Labute approximate surface area is 118 Å². The molecule has 1 aromatic carbocycles. The van der Waals surface area contributed by atoms with Crippen LogP contribution in [0.5, 0.6) is 0 Å². The molecular formula is C14H19F2NO2S. The van der Waals surface area contributed by atoms with Crippen molar-refractivity contribution in [2.45, 2.75) is 38.4 Å². The van der Waals surface area contributed by atoms with Crippen molar-refractivity contribution in [2.75, 3.05) is 6.54 Å². The van der Waals surface area contributed by atoms with Crippen molar-refractivity contribution in [2.24, 2.45) is 5.41 Å². The van der Waals surface area contributed by atoms with Gasteiger partial charge in [-0.15, -0.1) is 0 Å². The number of benzene rings is 1. The fourth-order valence-corrected chi connectivity index (χ4v) is 3.68. The minimum atomic E-state index is -3.72. The lowest BCUT2D eigenvalue weighted by molar-refractivity contribution is 0.449. The average molecular weight is 303 g/mol. The summed E-state index contributed by atoms with van der Waals surface area (Å²) in [6.45, 7) is 2.42. The standard InChI is InChI=1S/C14H19F2NO2S/c1-2-6-14(7-8-14)10-17-20(18,19)9-11-12(15)4-3-5-13(11)16/h3-5,17H,2,6-10H2,1H3. The first-order chi connectivity index (χ1) is 9.37. The van der Waals surface area contributed by atoms with Crippen LogP contribution in [0.2, 0.25) is 0 Å². The zero-order chi connectivity index (χ0) is 14.8. The van der Waals surface area contributed by atoms with Gasteiger partial charge in [0.1, 0.15) is 11.6 Å². The van der Waals surface area contributed by atoms with Crippen LogP contribution in [0.15, 0.2) is 18.2 Å². The lowest BCUT2D eigenvalue weighted by atomic mass is 10.0. The van der Waals surface area contributed by atoms with Crippen LogP contribution in [0.4, 0.5) is 8.78 Å². The number of nitrogens with one attached hydrogen (secondary N) is 1. The Balaban J connectivity index is 2.01. The number of sulfonamides is 1. The lowest BCUT2D eigenvalue weighted by Crippen LogP contribution is -2.31. The van der Waals surface area contributed by atoms with E-state index in [1.807, 2.05) is 0 Å². The molecule has 0 heterocycles. The van der Waals surface area contributed by atoms with Gasteiger partial charge in [0.15, 0.2) is 0 Å². The molecule has 0 bridgehead atoms. The molecule has 0 amide bonds. The SMILES string of the molecule is CCCC1(CNS(=O)(=O)Cc2c(F)cccc2F)CC1. The van der Waals surface area contributed by atoms with Crippen LogP contribution in [-0.4, -0.2) is 15.0 Å². The molecule has 0 saturated heterocycles. The molecule has 1 aliphatic carbocycles. The normalized spacial score (nSPS) is 17.1. The van der Waals surface area contributed by atoms with E-state index in [0.717, 1.165) is 37.8 Å². The molecule has 20 heavy (non-hydrogen) atoms. The third-order valence-electron chi connectivity index (χ3n) is 3.80. The molecule has 2 rings (SSSR count). The Hall–Kier alpha value is -1.01. The van der Waals surface area contributed by atoms with Gasteiger partial charge in [-0.3, -0.25) is 0 Å². The van der Waals surface area contributed by atoms with Gasteiger partial charge in [0, 0.05) is 12.1 Å². The third-order valence-corrected chi connectivity index (χ3v) is 5.05. The van der Waals surface area contributed by atoms with Gasteiger partial charge < -0.3 is 0 Å². The van der Waals surface area contributed by atoms with Gasteiger partial charge in [0.2, 0.25) is 10.0 Å². The van der Waals surface area contributed by atoms with Crippen LogP contribution < -0.4 is 4.72 Å². The summed E-state index contributed by atoms with van der Waals surface area (Å²) in [7, 11) is -3.72. The van der Waals surface area contributed by atoms with Crippen molar-refractivity contribution >= 4 is 10.0 Å². The lowest BCUT2D eigenvalue weighted by Gasteiger charge is -2.15. The molecule has 1 aromatic rings. The van der Waals surface area contributed by atoms with E-state index in [4.69, 9.17) is 0 Å². The van der Waals surface area contributed by atoms with Gasteiger partial charge in [0.25, 0.3) is 0 Å². The first kappa shape index (κ1) is 15.4. The molecule has 1 saturated carbocycles. The van der Waals surface area contributed by atoms with E-state index in [9.17, 15) is 17.2 Å². The third kappa shape index (κ3) is 3.76. The van der Waals surface area contributed by atoms with Crippen molar-refractivity contribution in [3.63, 3.8) is 0 Å². The van der Waals surface area contributed by atoms with Gasteiger partial charge >= 0.3 is 0 Å². The summed E-state index contributed by atoms with van der Waals surface area (Å²) < 4.78 is 53.3. The summed E-state index contributed by atoms with van der Waals surface area (Å²) in [6.07, 6.45) is 4.00. The summed E-state index contributed by atoms with van der Waals surface area (Å²) in [5, 5.41) is 0. The highest BCUT2D eigenvalue weighted by atomic mass is 32.2. The number of rotatable bonds is 7. The molecule has 0 radical (unpaired) electrons. The molecule has 0 unspecified atom stereocenters. The molecule has 112 valence electrons. The topological polar surface area (TPSA) is 46.2 Å². The molecule has 1 aliphatic rings. The van der Waals surface area contributed by atoms with Crippen molar-refractivity contribution < 1.29 is 17.2 Å². The van der Waals surface area contributed by atoms with Crippen molar-refractivity contribution in [1.82, 2.24) is 4.72 Å². The largest absolute Gasteiger partial charge is 0.216 e. The summed E-state index contributed by atoms with van der Waals surface area (Å²) in [6, 6.07) is 3.34. The Kier molecular flexibility index (Phi) is 4.44. The molecule has 1 fully saturated rings. The summed E-state index contributed by atoms with van der Waals surface area (Å²) >= 11 is 0. The summed E-state index contributed by atoms with van der Waals surface area (Å²) in [4.78, 5) is 0. The first-order valence-electron chi connectivity index (χ1n) is 6.78. The predicted octanol–water partition coefficient (Wildman–Crippen LogP) is 2.96. The summed E-state index contributed by atoms with van der Waals surface area (Å²) in [5.41, 5.74) is -0.337. The quantitative estimate of drug-likeness (QED) is 0.842. The molecule has 0 aliphatic heterocycles. The highest BCUT2D eigenvalue weighted by Crippen LogP contribution is 2.49. The van der Waals surface area contributed by atoms with Crippen LogP contribution >= 0.6 is 0 Å². The second-order valence-electron chi connectivity index (χ2n) is 5.53. The van der Waals surface area contributed by atoms with E-state index in [-0.39, 0.29) is 5.41 Å². The predicted molar refractivity (Wildman–Crippen MR) is 73.6 cm³/mol. The van der Waals surface area contributed by atoms with Gasteiger partial charge in [-0.25, -0.2) is 21.9 Å². The summed E-state index contributed by atoms with van der Waals surface area (Å²) in [5.74, 6) is -2.32. The minimum absolute atomic E-state index is 0.0651. The molecule has 1 N–H and O–H groups in total. The number of halogens is 2. The van der Waals surface area contributed by atoms with Crippen molar-refractivity contribution in [3.8, 4) is 0 Å². The Morgan fingerprint density at radius 3 is 2.35 bits per heavy atom. The smallest absolute Gasteiger partial charge is 0.214 e. The molecule has 3 nitrogen and oxygen atoms in total. The van der Waals surface area contributed by atoms with E-state index in [0.29, 0.717) is 6.54 Å². The monoisotopic (exact) mass is 303 g/mol. The van der Waals surface area contributed by atoms with Crippen LogP contribution in [0, 0.1) is 17.0 Å². The molecule has 0 atom stereocenters. The van der Waals surface area contributed by atoms with Crippen LogP contribution in [0.1, 0.15) is 38.2 Å². The average Bonchev–Trinajstić information content (AvgIpc) is 3.13. The van der Waals surface area contributed by atoms with Crippen LogP contribution in [0.25, 0.3) is 0 Å².